The number of benzene rings is 1. The molecule has 4 nitrogen and oxygen atoms in total. The summed E-state index contributed by atoms with van der Waals surface area (Å²) in [6.07, 6.45) is 5.14. The van der Waals surface area contributed by atoms with Crippen molar-refractivity contribution in [3.05, 3.63) is 39.7 Å². The topological polar surface area (TPSA) is 55.2 Å². The van der Waals surface area contributed by atoms with Crippen LogP contribution in [0.4, 0.5) is 10.1 Å². The molecule has 16 heavy (non-hydrogen) atoms. The third kappa shape index (κ3) is 2.78. The van der Waals surface area contributed by atoms with Gasteiger partial charge in [-0.05, 0) is 6.92 Å². The van der Waals surface area contributed by atoms with E-state index >= 15 is 0 Å². The molecule has 1 unspecified atom stereocenters. The summed E-state index contributed by atoms with van der Waals surface area (Å²) in [5.74, 6) is 1.61. The average Bonchev–Trinajstić information content (AvgIpc) is 2.26. The van der Waals surface area contributed by atoms with E-state index in [1.54, 1.807) is 6.92 Å². The van der Waals surface area contributed by atoms with E-state index in [0.29, 0.717) is 0 Å². The molecule has 0 radical (unpaired) electrons. The van der Waals surface area contributed by atoms with E-state index in [-0.39, 0.29) is 18.2 Å². The van der Waals surface area contributed by atoms with Crippen molar-refractivity contribution >= 4 is 5.69 Å². The van der Waals surface area contributed by atoms with Crippen molar-refractivity contribution in [1.82, 2.24) is 5.32 Å². The SMILES string of the molecule is C#CC(C)NCc1cccc([N+](=O)[O-])c1F. The van der Waals surface area contributed by atoms with E-state index < -0.39 is 16.4 Å². The van der Waals surface area contributed by atoms with E-state index in [2.05, 4.69) is 11.2 Å². The molecule has 1 aromatic rings. The molecule has 0 aliphatic heterocycles. The van der Waals surface area contributed by atoms with Crippen LogP contribution in [0.3, 0.4) is 0 Å². The molecule has 0 saturated heterocycles. The average molecular weight is 222 g/mol. The number of nitro benzene ring substituents is 1. The van der Waals surface area contributed by atoms with Crippen LogP contribution in [0.15, 0.2) is 18.2 Å². The van der Waals surface area contributed by atoms with Crippen molar-refractivity contribution in [2.24, 2.45) is 0 Å². The second-order valence-electron chi connectivity index (χ2n) is 3.28. The Balaban J connectivity index is 2.86. The molecule has 0 aromatic heterocycles. The summed E-state index contributed by atoms with van der Waals surface area (Å²) in [6, 6.07) is 3.85. The minimum absolute atomic E-state index is 0.166. The predicted octanol–water partition coefficient (Wildman–Crippen LogP) is 1.85. The van der Waals surface area contributed by atoms with Crippen LogP contribution >= 0.6 is 0 Å². The number of rotatable bonds is 4. The first-order valence-corrected chi connectivity index (χ1v) is 4.67. The summed E-state index contributed by atoms with van der Waals surface area (Å²) in [7, 11) is 0. The van der Waals surface area contributed by atoms with Gasteiger partial charge in [-0.15, -0.1) is 6.42 Å². The van der Waals surface area contributed by atoms with Crippen LogP contribution in [0, 0.1) is 28.3 Å². The molecule has 0 amide bonds. The van der Waals surface area contributed by atoms with Crippen LogP contribution < -0.4 is 5.32 Å². The van der Waals surface area contributed by atoms with Crippen LogP contribution in [0.5, 0.6) is 0 Å². The Hall–Kier alpha value is -1.93. The molecule has 84 valence electrons. The highest BCUT2D eigenvalue weighted by Crippen LogP contribution is 2.19. The number of terminal acetylenes is 1. The second-order valence-corrected chi connectivity index (χ2v) is 3.28. The molecule has 5 heteroatoms. The van der Waals surface area contributed by atoms with E-state index in [9.17, 15) is 14.5 Å². The van der Waals surface area contributed by atoms with Crippen LogP contribution in [-0.4, -0.2) is 11.0 Å². The molecule has 0 aliphatic rings. The van der Waals surface area contributed by atoms with Gasteiger partial charge in [0.05, 0.1) is 11.0 Å². The van der Waals surface area contributed by atoms with Gasteiger partial charge in [-0.2, -0.15) is 4.39 Å². The first kappa shape index (κ1) is 12.1. The zero-order valence-electron chi connectivity index (χ0n) is 8.74. The Morgan fingerprint density at radius 2 is 2.38 bits per heavy atom. The van der Waals surface area contributed by atoms with Crippen molar-refractivity contribution < 1.29 is 9.31 Å². The molecule has 0 saturated carbocycles. The molecular weight excluding hydrogens is 211 g/mol. The van der Waals surface area contributed by atoms with Gasteiger partial charge < -0.3 is 0 Å². The molecule has 0 fully saturated rings. The predicted molar refractivity (Wildman–Crippen MR) is 58.2 cm³/mol. The lowest BCUT2D eigenvalue weighted by Gasteiger charge is -2.08. The van der Waals surface area contributed by atoms with Gasteiger partial charge in [0.1, 0.15) is 0 Å². The van der Waals surface area contributed by atoms with Gasteiger partial charge in [0, 0.05) is 18.2 Å². The number of hydrogen-bond acceptors (Lipinski definition) is 3. The zero-order chi connectivity index (χ0) is 12.1. The summed E-state index contributed by atoms with van der Waals surface area (Å²) in [6.45, 7) is 1.91. The lowest BCUT2D eigenvalue weighted by Crippen LogP contribution is -2.24. The highest BCUT2D eigenvalue weighted by Gasteiger charge is 2.16. The molecule has 1 aromatic carbocycles. The van der Waals surface area contributed by atoms with Crippen molar-refractivity contribution in [2.75, 3.05) is 0 Å². The smallest absolute Gasteiger partial charge is 0.300 e. The molecule has 0 spiro atoms. The van der Waals surface area contributed by atoms with E-state index in [1.165, 1.54) is 12.1 Å². The summed E-state index contributed by atoms with van der Waals surface area (Å²) in [5, 5.41) is 13.3. The molecule has 1 rings (SSSR count). The quantitative estimate of drug-likeness (QED) is 0.480. The summed E-state index contributed by atoms with van der Waals surface area (Å²) in [4.78, 5) is 9.73. The number of hydrogen-bond donors (Lipinski definition) is 1. The Labute approximate surface area is 92.6 Å². The normalized spacial score (nSPS) is 11.8. The maximum absolute atomic E-state index is 13.5. The lowest BCUT2D eigenvalue weighted by molar-refractivity contribution is -0.387. The van der Waals surface area contributed by atoms with Gasteiger partial charge in [0.15, 0.2) is 0 Å². The Kier molecular flexibility index (Phi) is 3.97. The molecule has 1 atom stereocenters. The fourth-order valence-electron chi connectivity index (χ4n) is 1.17. The van der Waals surface area contributed by atoms with Gasteiger partial charge >= 0.3 is 5.69 Å². The first-order chi connectivity index (χ1) is 7.56. The van der Waals surface area contributed by atoms with Crippen LogP contribution in [0.1, 0.15) is 12.5 Å². The lowest BCUT2D eigenvalue weighted by atomic mass is 10.1. The van der Waals surface area contributed by atoms with Crippen molar-refractivity contribution in [2.45, 2.75) is 19.5 Å². The maximum Gasteiger partial charge on any atom is 0.305 e. The number of nitro groups is 1. The summed E-state index contributed by atoms with van der Waals surface area (Å²) < 4.78 is 13.5. The van der Waals surface area contributed by atoms with Gasteiger partial charge in [-0.25, -0.2) is 0 Å². The number of nitrogens with zero attached hydrogens (tertiary/aromatic N) is 1. The Bertz CT molecular complexity index is 440. The third-order valence-corrected chi connectivity index (χ3v) is 2.10. The molecular formula is C11H11FN2O2. The van der Waals surface area contributed by atoms with E-state index in [4.69, 9.17) is 6.42 Å². The minimum Gasteiger partial charge on any atom is -0.300 e. The Morgan fingerprint density at radius 3 is 2.94 bits per heavy atom. The fourth-order valence-corrected chi connectivity index (χ4v) is 1.17. The van der Waals surface area contributed by atoms with Gasteiger partial charge in [-0.3, -0.25) is 15.4 Å². The van der Waals surface area contributed by atoms with Gasteiger partial charge in [-0.1, -0.05) is 18.1 Å². The van der Waals surface area contributed by atoms with Crippen molar-refractivity contribution in [3.8, 4) is 12.3 Å². The van der Waals surface area contributed by atoms with Crippen LogP contribution in [-0.2, 0) is 6.54 Å². The van der Waals surface area contributed by atoms with Gasteiger partial charge in [0.25, 0.3) is 0 Å². The third-order valence-electron chi connectivity index (χ3n) is 2.10. The highest BCUT2D eigenvalue weighted by atomic mass is 19.1. The number of halogens is 1. The molecule has 0 aliphatic carbocycles. The zero-order valence-corrected chi connectivity index (χ0v) is 8.74. The van der Waals surface area contributed by atoms with E-state index in [1.807, 2.05) is 0 Å². The molecule has 0 heterocycles. The molecule has 0 bridgehead atoms. The fraction of sp³-hybridized carbons (Fsp3) is 0.273. The number of nitrogens with one attached hydrogen (secondary N) is 1. The van der Waals surface area contributed by atoms with E-state index in [0.717, 1.165) is 6.07 Å². The largest absolute Gasteiger partial charge is 0.305 e. The standard InChI is InChI=1S/C11H11FN2O2/c1-3-8(2)13-7-9-5-4-6-10(11(9)12)14(15)16/h1,4-6,8,13H,7H2,2H3. The maximum atomic E-state index is 13.5. The summed E-state index contributed by atoms with van der Waals surface area (Å²) >= 11 is 0. The van der Waals surface area contributed by atoms with Crippen molar-refractivity contribution in [1.29, 1.82) is 0 Å². The Morgan fingerprint density at radius 1 is 1.69 bits per heavy atom. The van der Waals surface area contributed by atoms with Crippen LogP contribution in [0.25, 0.3) is 0 Å². The van der Waals surface area contributed by atoms with Crippen LogP contribution in [0.2, 0.25) is 0 Å². The highest BCUT2D eigenvalue weighted by molar-refractivity contribution is 5.36. The van der Waals surface area contributed by atoms with Gasteiger partial charge in [0.2, 0.25) is 5.82 Å². The minimum atomic E-state index is -0.816. The second kappa shape index (κ2) is 5.24. The van der Waals surface area contributed by atoms with Crippen molar-refractivity contribution in [3.63, 3.8) is 0 Å². The molecule has 1 N–H and O–H groups in total. The summed E-state index contributed by atoms with van der Waals surface area (Å²) in [5.41, 5.74) is -0.288. The monoisotopic (exact) mass is 222 g/mol. The first-order valence-electron chi connectivity index (χ1n) is 4.67.